The predicted molar refractivity (Wildman–Crippen MR) is 56.3 cm³/mol. The standard InChI is InChI=1S/C11H17N3O2/c1-8-11(12-9(2)15)16-13-14(8)10-6-4-3-5-7-10/h10H,3-7H2,1-2H3. The minimum absolute atomic E-state index is 0.255. The zero-order valence-electron chi connectivity index (χ0n) is 9.77. The lowest BCUT2D eigenvalue weighted by atomic mass is 9.95. The summed E-state index contributed by atoms with van der Waals surface area (Å²) >= 11 is 0. The molecule has 0 amide bonds. The lowest BCUT2D eigenvalue weighted by Gasteiger charge is -2.13. The Balaban J connectivity index is 2.22. The Kier molecular flexibility index (Phi) is 3.22. The summed E-state index contributed by atoms with van der Waals surface area (Å²) in [6.07, 6.45) is 6.06. The van der Waals surface area contributed by atoms with Crippen LogP contribution >= 0.6 is 0 Å². The summed E-state index contributed by atoms with van der Waals surface area (Å²) in [5.74, 6) is 0.0908. The van der Waals surface area contributed by atoms with Crippen molar-refractivity contribution in [3.05, 3.63) is 5.69 Å². The Morgan fingerprint density at radius 3 is 2.75 bits per heavy atom. The predicted octanol–water partition coefficient (Wildman–Crippen LogP) is 1.19. The van der Waals surface area contributed by atoms with Crippen LogP contribution in [0.2, 0.25) is 0 Å². The SMILES string of the molecule is CC([O-])=Nc1on[n+](C2CCCCC2)c1C. The zero-order chi connectivity index (χ0) is 11.5. The van der Waals surface area contributed by atoms with Gasteiger partial charge in [0.1, 0.15) is 0 Å². The molecule has 0 saturated heterocycles. The van der Waals surface area contributed by atoms with Crippen molar-refractivity contribution in [3.63, 3.8) is 0 Å². The maximum atomic E-state index is 10.9. The van der Waals surface area contributed by atoms with Crippen LogP contribution in [-0.4, -0.2) is 11.2 Å². The van der Waals surface area contributed by atoms with Crippen LogP contribution in [0.4, 0.5) is 5.88 Å². The summed E-state index contributed by atoms with van der Waals surface area (Å²) in [5, 5.41) is 14.9. The molecule has 0 bridgehead atoms. The van der Waals surface area contributed by atoms with Crippen LogP contribution in [0.25, 0.3) is 0 Å². The molecular weight excluding hydrogens is 206 g/mol. The second kappa shape index (κ2) is 4.63. The fourth-order valence-electron chi connectivity index (χ4n) is 2.22. The highest BCUT2D eigenvalue weighted by atomic mass is 16.5. The van der Waals surface area contributed by atoms with Crippen molar-refractivity contribution in [2.45, 2.75) is 52.0 Å². The summed E-state index contributed by atoms with van der Waals surface area (Å²) < 4.78 is 6.96. The highest BCUT2D eigenvalue weighted by molar-refractivity contribution is 5.71. The average Bonchev–Trinajstić information content (AvgIpc) is 2.61. The minimum atomic E-state index is -0.255. The van der Waals surface area contributed by atoms with Crippen LogP contribution in [0, 0.1) is 6.92 Å². The van der Waals surface area contributed by atoms with Crippen molar-refractivity contribution < 1.29 is 14.3 Å². The van der Waals surface area contributed by atoms with E-state index in [2.05, 4.69) is 10.3 Å². The molecule has 1 fully saturated rings. The molecule has 1 aliphatic rings. The van der Waals surface area contributed by atoms with E-state index in [1.807, 2.05) is 11.6 Å². The summed E-state index contributed by atoms with van der Waals surface area (Å²) in [6, 6.07) is 0.411. The third-order valence-electron chi connectivity index (χ3n) is 3.05. The lowest BCUT2D eigenvalue weighted by molar-refractivity contribution is -0.791. The van der Waals surface area contributed by atoms with Crippen molar-refractivity contribution in [1.82, 2.24) is 5.27 Å². The summed E-state index contributed by atoms with van der Waals surface area (Å²) in [4.78, 5) is 3.79. The Morgan fingerprint density at radius 1 is 1.44 bits per heavy atom. The van der Waals surface area contributed by atoms with Crippen LogP contribution in [0.3, 0.4) is 0 Å². The smallest absolute Gasteiger partial charge is 0.323 e. The molecule has 5 heteroatoms. The van der Waals surface area contributed by atoms with E-state index in [4.69, 9.17) is 4.52 Å². The fourth-order valence-corrected chi connectivity index (χ4v) is 2.22. The van der Waals surface area contributed by atoms with E-state index in [9.17, 15) is 5.11 Å². The molecule has 5 nitrogen and oxygen atoms in total. The topological polar surface area (TPSA) is 65.3 Å². The van der Waals surface area contributed by atoms with Gasteiger partial charge in [0.05, 0.1) is 0 Å². The van der Waals surface area contributed by atoms with Gasteiger partial charge in [-0.2, -0.15) is 0 Å². The molecule has 2 rings (SSSR count). The second-order valence-corrected chi connectivity index (χ2v) is 4.33. The third kappa shape index (κ3) is 2.23. The first-order valence-electron chi connectivity index (χ1n) is 5.79. The van der Waals surface area contributed by atoms with Gasteiger partial charge in [0.2, 0.25) is 5.27 Å². The minimum Gasteiger partial charge on any atom is -0.862 e. The first-order valence-corrected chi connectivity index (χ1v) is 5.79. The molecule has 0 spiro atoms. The van der Waals surface area contributed by atoms with Crippen molar-refractivity contribution in [2.75, 3.05) is 0 Å². The second-order valence-electron chi connectivity index (χ2n) is 4.33. The first kappa shape index (κ1) is 11.1. The van der Waals surface area contributed by atoms with Gasteiger partial charge in [-0.05, 0) is 30.3 Å². The molecule has 16 heavy (non-hydrogen) atoms. The maximum Gasteiger partial charge on any atom is 0.323 e. The number of aliphatic imine (C=N–C) groups is 1. The summed E-state index contributed by atoms with van der Waals surface area (Å²) in [6.45, 7) is 3.31. The molecule has 88 valence electrons. The molecule has 0 aliphatic heterocycles. The van der Waals surface area contributed by atoms with E-state index in [1.165, 1.54) is 26.2 Å². The van der Waals surface area contributed by atoms with E-state index < -0.39 is 0 Å². The van der Waals surface area contributed by atoms with Crippen molar-refractivity contribution in [3.8, 4) is 0 Å². The van der Waals surface area contributed by atoms with Gasteiger partial charge in [0, 0.05) is 19.8 Å². The molecule has 0 radical (unpaired) electrons. The number of rotatable bonds is 2. The lowest BCUT2D eigenvalue weighted by Crippen LogP contribution is -2.44. The summed E-state index contributed by atoms with van der Waals surface area (Å²) in [7, 11) is 0. The molecule has 0 N–H and O–H groups in total. The van der Waals surface area contributed by atoms with Crippen molar-refractivity contribution in [2.24, 2.45) is 4.99 Å². The van der Waals surface area contributed by atoms with Crippen LogP contribution in [0.1, 0.15) is 50.8 Å². The van der Waals surface area contributed by atoms with E-state index >= 15 is 0 Å². The number of hydrogen-bond acceptors (Lipinski definition) is 4. The number of aromatic nitrogens is 2. The van der Waals surface area contributed by atoms with Gasteiger partial charge >= 0.3 is 5.88 Å². The van der Waals surface area contributed by atoms with Crippen LogP contribution in [-0.2, 0) is 0 Å². The molecule has 0 unspecified atom stereocenters. The van der Waals surface area contributed by atoms with E-state index in [0.717, 1.165) is 18.5 Å². The molecule has 1 aromatic heterocycles. The van der Waals surface area contributed by atoms with Crippen LogP contribution in [0.15, 0.2) is 9.52 Å². The largest absolute Gasteiger partial charge is 0.862 e. The van der Waals surface area contributed by atoms with Gasteiger partial charge in [-0.25, -0.2) is 4.99 Å². The molecule has 0 aromatic carbocycles. The van der Waals surface area contributed by atoms with Gasteiger partial charge in [-0.15, -0.1) is 0 Å². The molecule has 1 saturated carbocycles. The molecule has 1 aliphatic carbocycles. The first-order chi connectivity index (χ1) is 7.68. The monoisotopic (exact) mass is 223 g/mol. The van der Waals surface area contributed by atoms with Gasteiger partial charge < -0.3 is 5.11 Å². The number of hydrogen-bond donors (Lipinski definition) is 0. The highest BCUT2D eigenvalue weighted by Gasteiger charge is 2.30. The Morgan fingerprint density at radius 2 is 2.12 bits per heavy atom. The molecule has 1 aromatic rings. The normalized spacial score (nSPS) is 19.0. The highest BCUT2D eigenvalue weighted by Crippen LogP contribution is 2.25. The fraction of sp³-hybridized carbons (Fsp3) is 0.727. The zero-order valence-corrected chi connectivity index (χ0v) is 9.77. The van der Waals surface area contributed by atoms with E-state index in [0.29, 0.717) is 11.9 Å². The molecular formula is C11H17N3O2. The Labute approximate surface area is 94.8 Å². The average molecular weight is 223 g/mol. The van der Waals surface area contributed by atoms with Crippen molar-refractivity contribution in [1.29, 1.82) is 0 Å². The maximum absolute atomic E-state index is 10.9. The van der Waals surface area contributed by atoms with Crippen LogP contribution in [0.5, 0.6) is 0 Å². The molecule has 1 heterocycles. The van der Waals surface area contributed by atoms with Gasteiger partial charge in [0.15, 0.2) is 6.04 Å². The summed E-state index contributed by atoms with van der Waals surface area (Å²) in [5.41, 5.74) is 0.849. The van der Waals surface area contributed by atoms with Gasteiger partial charge in [-0.3, -0.25) is 4.52 Å². The number of nitrogens with zero attached hydrogens (tertiary/aromatic N) is 3. The third-order valence-corrected chi connectivity index (χ3v) is 3.05. The van der Waals surface area contributed by atoms with Crippen LogP contribution < -0.4 is 9.79 Å². The van der Waals surface area contributed by atoms with Gasteiger partial charge in [-0.1, -0.05) is 6.42 Å². The Bertz CT molecular complexity index is 388. The Hall–Kier alpha value is -1.39. The molecule has 0 atom stereocenters. The van der Waals surface area contributed by atoms with Gasteiger partial charge in [0.25, 0.3) is 5.69 Å². The van der Waals surface area contributed by atoms with E-state index in [-0.39, 0.29) is 5.90 Å². The quantitative estimate of drug-likeness (QED) is 0.429. The van der Waals surface area contributed by atoms with E-state index in [1.54, 1.807) is 0 Å². The van der Waals surface area contributed by atoms with Crippen molar-refractivity contribution >= 4 is 11.8 Å².